The minimum Gasteiger partial charge on any atom is -0.310 e. The Hall–Kier alpha value is -8.86. The van der Waals surface area contributed by atoms with Crippen molar-refractivity contribution in [3.63, 3.8) is 0 Å². The van der Waals surface area contributed by atoms with Gasteiger partial charge >= 0.3 is 0 Å². The Morgan fingerprint density at radius 1 is 0.294 bits per heavy atom. The molecule has 310 valence electrons. The smallest absolute Gasteiger partial charge is 0.252 e. The number of hydrogen-bond donors (Lipinski definition) is 0. The highest BCUT2D eigenvalue weighted by molar-refractivity contribution is 7.00. The van der Waals surface area contributed by atoms with Gasteiger partial charge in [-0.15, -0.1) is 0 Å². The van der Waals surface area contributed by atoms with E-state index in [1.807, 2.05) is 0 Å². The Balaban J connectivity index is 1.10. The summed E-state index contributed by atoms with van der Waals surface area (Å²) in [7, 11) is 0. The van der Waals surface area contributed by atoms with Crippen LogP contribution in [0.4, 0.5) is 0 Å². The van der Waals surface area contributed by atoms with E-state index >= 15 is 0 Å². The standard InChI is InChI=1S/C64H36BN3/c1-3-14-37(15-4-1)40-27-30-55-49(32-40)50-33-41(38-16-5-2-6-17-38)34-52-63(50)67(55)57-35-42(66-53-24-11-9-21-45(53)46-22-10-12-25-54(46)66)36-58-62(57)65(52)51-29-28-48-44-20-8-7-19-43(44)47-23-13-18-39-26-31-56-61(59(39)47)60(48)64(51)68(56)58/h1-36H. The van der Waals surface area contributed by atoms with E-state index in [1.165, 1.54) is 148 Å². The van der Waals surface area contributed by atoms with Gasteiger partial charge < -0.3 is 13.7 Å². The predicted molar refractivity (Wildman–Crippen MR) is 287 cm³/mol. The van der Waals surface area contributed by atoms with Crippen molar-refractivity contribution in [2.45, 2.75) is 0 Å². The number of benzene rings is 11. The first-order chi connectivity index (χ1) is 33.8. The third-order valence-electron chi connectivity index (χ3n) is 15.9. The molecule has 0 atom stereocenters. The Morgan fingerprint density at radius 2 is 0.882 bits per heavy atom. The number of nitrogens with zero attached hydrogens (tertiary/aromatic N) is 3. The van der Waals surface area contributed by atoms with Gasteiger partial charge in [0.25, 0.3) is 6.71 Å². The van der Waals surface area contributed by atoms with Crippen LogP contribution in [0.15, 0.2) is 218 Å². The van der Waals surface area contributed by atoms with Crippen molar-refractivity contribution >= 4 is 99.3 Å². The molecule has 3 aromatic heterocycles. The second-order valence-electron chi connectivity index (χ2n) is 19.1. The van der Waals surface area contributed by atoms with Crippen molar-refractivity contribution in [3.8, 4) is 61.6 Å². The fraction of sp³-hybridized carbons (Fsp3) is 0. The van der Waals surface area contributed by atoms with Gasteiger partial charge in [0.1, 0.15) is 0 Å². The minimum atomic E-state index is -0.0288. The summed E-state index contributed by atoms with van der Waals surface area (Å²) < 4.78 is 7.82. The summed E-state index contributed by atoms with van der Waals surface area (Å²) in [6.07, 6.45) is 0. The highest BCUT2D eigenvalue weighted by atomic mass is 15.1. The lowest BCUT2D eigenvalue weighted by atomic mass is 9.34. The first kappa shape index (κ1) is 35.4. The highest BCUT2D eigenvalue weighted by Gasteiger charge is 2.43. The molecular weight excluding hydrogens is 822 g/mol. The van der Waals surface area contributed by atoms with Crippen LogP contribution < -0.4 is 16.4 Å². The molecule has 4 heteroatoms. The molecule has 0 spiro atoms. The fourth-order valence-electron chi connectivity index (χ4n) is 13.3. The molecule has 68 heavy (non-hydrogen) atoms. The van der Waals surface area contributed by atoms with Crippen molar-refractivity contribution in [2.75, 3.05) is 0 Å². The topological polar surface area (TPSA) is 14.8 Å². The lowest BCUT2D eigenvalue weighted by Gasteiger charge is -2.35. The van der Waals surface area contributed by atoms with Gasteiger partial charge in [-0.2, -0.15) is 0 Å². The zero-order valence-corrected chi connectivity index (χ0v) is 36.7. The van der Waals surface area contributed by atoms with Crippen LogP contribution in [0.1, 0.15) is 0 Å². The maximum atomic E-state index is 2.67. The van der Waals surface area contributed by atoms with Gasteiger partial charge in [-0.3, -0.25) is 0 Å². The third kappa shape index (κ3) is 4.28. The van der Waals surface area contributed by atoms with Crippen LogP contribution in [0.5, 0.6) is 0 Å². The van der Waals surface area contributed by atoms with E-state index in [2.05, 4.69) is 232 Å². The van der Waals surface area contributed by atoms with Gasteiger partial charge in [-0.1, -0.05) is 170 Å². The van der Waals surface area contributed by atoms with Crippen molar-refractivity contribution in [2.24, 2.45) is 0 Å². The van der Waals surface area contributed by atoms with Crippen molar-refractivity contribution in [1.82, 2.24) is 13.7 Å². The lowest BCUT2D eigenvalue weighted by molar-refractivity contribution is 1.10. The Morgan fingerprint density at radius 3 is 1.62 bits per heavy atom. The van der Waals surface area contributed by atoms with Crippen molar-refractivity contribution < 1.29 is 0 Å². The molecule has 2 aliphatic heterocycles. The van der Waals surface area contributed by atoms with Crippen LogP contribution in [-0.4, -0.2) is 20.4 Å². The first-order valence-corrected chi connectivity index (χ1v) is 23.8. The van der Waals surface area contributed by atoms with Crippen LogP contribution in [0, 0.1) is 0 Å². The monoisotopic (exact) mass is 857 g/mol. The third-order valence-corrected chi connectivity index (χ3v) is 15.9. The van der Waals surface area contributed by atoms with Gasteiger partial charge in [0, 0.05) is 49.2 Å². The molecule has 17 rings (SSSR count). The van der Waals surface area contributed by atoms with Crippen LogP contribution in [0.3, 0.4) is 0 Å². The maximum Gasteiger partial charge on any atom is 0.252 e. The molecule has 0 fully saturated rings. The Labute approximate surface area is 391 Å². The van der Waals surface area contributed by atoms with Crippen molar-refractivity contribution in [3.05, 3.63) is 218 Å². The van der Waals surface area contributed by atoms with E-state index in [1.54, 1.807) is 0 Å². The van der Waals surface area contributed by atoms with Crippen LogP contribution >= 0.6 is 0 Å². The molecule has 0 bridgehead atoms. The number of rotatable bonds is 3. The van der Waals surface area contributed by atoms with E-state index < -0.39 is 0 Å². The van der Waals surface area contributed by atoms with Gasteiger partial charge in [0.05, 0.1) is 33.3 Å². The van der Waals surface area contributed by atoms with Crippen molar-refractivity contribution in [1.29, 1.82) is 0 Å². The van der Waals surface area contributed by atoms with Crippen LogP contribution in [-0.2, 0) is 0 Å². The second kappa shape index (κ2) is 12.5. The molecule has 0 saturated heterocycles. The largest absolute Gasteiger partial charge is 0.310 e. The molecular formula is C64H36BN3. The van der Waals surface area contributed by atoms with Crippen LogP contribution in [0.2, 0.25) is 0 Å². The summed E-state index contributed by atoms with van der Waals surface area (Å²) in [6, 6.07) is 82.6. The van der Waals surface area contributed by atoms with Gasteiger partial charge in [0.2, 0.25) is 0 Å². The maximum absolute atomic E-state index is 2.67. The SMILES string of the molecule is c1ccc(-c2ccc3c(c2)c2cc(-c4ccccc4)cc4c2n3-c2cc(-n3c5ccccc5c5ccccc53)cc3c2B4c2ccc4c5c6c7c(cccc7ccc6n-3c25)-c2ccccc2-4)cc1. The van der Waals surface area contributed by atoms with E-state index in [-0.39, 0.29) is 6.71 Å². The average Bonchev–Trinajstić information content (AvgIpc) is 4.03. The van der Waals surface area contributed by atoms with Gasteiger partial charge in [-0.05, 0) is 120 Å². The molecule has 5 heterocycles. The summed E-state index contributed by atoms with van der Waals surface area (Å²) in [5.41, 5.74) is 25.3. The zero-order valence-electron chi connectivity index (χ0n) is 36.7. The predicted octanol–water partition coefficient (Wildman–Crippen LogP) is 14.3. The van der Waals surface area contributed by atoms with Gasteiger partial charge in [0.15, 0.2) is 0 Å². The number of hydrogen-bond acceptors (Lipinski definition) is 0. The first-order valence-electron chi connectivity index (χ1n) is 23.8. The minimum absolute atomic E-state index is 0.0288. The van der Waals surface area contributed by atoms with E-state index in [0.717, 1.165) is 5.69 Å². The molecule has 3 nitrogen and oxygen atoms in total. The summed E-state index contributed by atoms with van der Waals surface area (Å²) in [6.45, 7) is -0.0288. The molecule has 11 aromatic carbocycles. The zero-order chi connectivity index (χ0) is 43.9. The van der Waals surface area contributed by atoms with E-state index in [0.29, 0.717) is 0 Å². The summed E-state index contributed by atoms with van der Waals surface area (Å²) >= 11 is 0. The van der Waals surface area contributed by atoms with Gasteiger partial charge in [-0.25, -0.2) is 0 Å². The molecule has 0 saturated carbocycles. The second-order valence-corrected chi connectivity index (χ2v) is 19.1. The number of aromatic nitrogens is 3. The molecule has 14 aromatic rings. The fourth-order valence-corrected chi connectivity index (χ4v) is 13.3. The molecule has 0 amide bonds. The molecule has 3 aliphatic rings. The molecule has 1 aliphatic carbocycles. The summed E-state index contributed by atoms with van der Waals surface area (Å²) in [5.74, 6) is 0. The quantitative estimate of drug-likeness (QED) is 0.157. The Bertz CT molecular complexity index is 4550. The van der Waals surface area contributed by atoms with E-state index in [9.17, 15) is 0 Å². The number of para-hydroxylation sites is 2. The summed E-state index contributed by atoms with van der Waals surface area (Å²) in [5, 5.41) is 10.4. The molecule has 0 N–H and O–H groups in total. The number of fused-ring (bicyclic) bond motifs is 14. The van der Waals surface area contributed by atoms with E-state index in [4.69, 9.17) is 0 Å². The molecule has 0 radical (unpaired) electrons. The summed E-state index contributed by atoms with van der Waals surface area (Å²) in [4.78, 5) is 0. The van der Waals surface area contributed by atoms with Crippen LogP contribution in [0.25, 0.3) is 138 Å². The normalized spacial score (nSPS) is 13.0. The highest BCUT2D eigenvalue weighted by Crippen LogP contribution is 2.51. The Kier molecular flexibility index (Phi) is 6.52. The lowest BCUT2D eigenvalue weighted by Crippen LogP contribution is -2.59. The average molecular weight is 858 g/mol. The molecule has 0 unspecified atom stereocenters.